The maximum atomic E-state index is 12.3. The van der Waals surface area contributed by atoms with E-state index in [9.17, 15) is 4.79 Å². The molecule has 1 aliphatic heterocycles. The standard InChI is InChI=1S/C18H24N4O.ClH/c1-12-4-3-7-22-17(23)8-14(20-18(12)22)10-21-9-13-5-2-6-16(19)15(13)11-21;/h3-4,7-8,13,15-16H,2,5-6,9-11,19H2,1H3;1H. The molecule has 2 N–H and O–H groups in total. The van der Waals surface area contributed by atoms with Gasteiger partial charge in [-0.15, -0.1) is 12.4 Å². The molecule has 2 aliphatic rings. The fourth-order valence-corrected chi connectivity index (χ4v) is 4.36. The highest BCUT2D eigenvalue weighted by Gasteiger charge is 2.38. The van der Waals surface area contributed by atoms with Gasteiger partial charge in [0.2, 0.25) is 0 Å². The highest BCUT2D eigenvalue weighted by Crippen LogP contribution is 2.35. The molecule has 24 heavy (non-hydrogen) atoms. The third kappa shape index (κ3) is 3.08. The van der Waals surface area contributed by atoms with Crippen LogP contribution < -0.4 is 11.3 Å². The molecule has 130 valence electrons. The molecule has 3 atom stereocenters. The van der Waals surface area contributed by atoms with Crippen molar-refractivity contribution >= 4 is 18.1 Å². The van der Waals surface area contributed by atoms with Gasteiger partial charge in [-0.05, 0) is 43.2 Å². The number of nitrogens with zero attached hydrogens (tertiary/aromatic N) is 3. The summed E-state index contributed by atoms with van der Waals surface area (Å²) in [7, 11) is 0. The lowest BCUT2D eigenvalue weighted by atomic mass is 9.78. The van der Waals surface area contributed by atoms with E-state index in [4.69, 9.17) is 10.7 Å². The number of fused-ring (bicyclic) bond motifs is 2. The predicted octanol–water partition coefficient (Wildman–Crippen LogP) is 1.98. The molecule has 2 aromatic heterocycles. The predicted molar refractivity (Wildman–Crippen MR) is 97.5 cm³/mol. The van der Waals surface area contributed by atoms with Gasteiger partial charge in [0.05, 0.1) is 5.69 Å². The normalized spacial score (nSPS) is 27.0. The van der Waals surface area contributed by atoms with Crippen LogP contribution in [0, 0.1) is 18.8 Å². The van der Waals surface area contributed by atoms with E-state index in [1.54, 1.807) is 16.7 Å². The van der Waals surface area contributed by atoms with E-state index in [0.717, 1.165) is 48.9 Å². The van der Waals surface area contributed by atoms with Crippen molar-refractivity contribution in [1.82, 2.24) is 14.3 Å². The monoisotopic (exact) mass is 348 g/mol. The summed E-state index contributed by atoms with van der Waals surface area (Å²) >= 11 is 0. The topological polar surface area (TPSA) is 63.6 Å². The van der Waals surface area contributed by atoms with Crippen LogP contribution in [0.5, 0.6) is 0 Å². The second-order valence-electron chi connectivity index (χ2n) is 7.18. The largest absolute Gasteiger partial charge is 0.327 e. The highest BCUT2D eigenvalue weighted by molar-refractivity contribution is 5.85. The van der Waals surface area contributed by atoms with Crippen LogP contribution in [0.2, 0.25) is 0 Å². The molecule has 1 saturated carbocycles. The fraction of sp³-hybridized carbons (Fsp3) is 0.556. The van der Waals surface area contributed by atoms with Gasteiger partial charge in [-0.25, -0.2) is 4.98 Å². The van der Waals surface area contributed by atoms with Crippen LogP contribution in [0.4, 0.5) is 0 Å². The Kier molecular flexibility index (Phi) is 4.95. The Bertz CT molecular complexity index is 790. The zero-order chi connectivity index (χ0) is 16.0. The molecule has 3 heterocycles. The zero-order valence-electron chi connectivity index (χ0n) is 14.0. The van der Waals surface area contributed by atoms with Crippen molar-refractivity contribution in [3.8, 4) is 0 Å². The number of hydrogen-bond acceptors (Lipinski definition) is 4. The van der Waals surface area contributed by atoms with Crippen molar-refractivity contribution in [3.63, 3.8) is 0 Å². The molecule has 1 aliphatic carbocycles. The third-order valence-corrected chi connectivity index (χ3v) is 5.55. The number of halogens is 1. The van der Waals surface area contributed by atoms with Crippen molar-refractivity contribution in [2.24, 2.45) is 17.6 Å². The first-order valence-corrected chi connectivity index (χ1v) is 8.57. The Morgan fingerprint density at radius 2 is 2.17 bits per heavy atom. The quantitative estimate of drug-likeness (QED) is 0.901. The molecular formula is C18H25ClN4O. The first-order valence-electron chi connectivity index (χ1n) is 8.57. The number of pyridine rings is 1. The van der Waals surface area contributed by atoms with Crippen molar-refractivity contribution in [1.29, 1.82) is 0 Å². The average Bonchev–Trinajstić information content (AvgIpc) is 2.92. The van der Waals surface area contributed by atoms with Gasteiger partial charge in [0.25, 0.3) is 5.56 Å². The molecule has 1 saturated heterocycles. The van der Waals surface area contributed by atoms with Gasteiger partial charge in [-0.1, -0.05) is 12.5 Å². The van der Waals surface area contributed by atoms with Gasteiger partial charge in [0, 0.05) is 37.9 Å². The summed E-state index contributed by atoms with van der Waals surface area (Å²) in [6.45, 7) is 4.88. The summed E-state index contributed by atoms with van der Waals surface area (Å²) in [5.74, 6) is 1.34. The lowest BCUT2D eigenvalue weighted by Gasteiger charge is -2.29. The van der Waals surface area contributed by atoms with E-state index in [0.29, 0.717) is 12.0 Å². The van der Waals surface area contributed by atoms with E-state index in [-0.39, 0.29) is 18.0 Å². The molecule has 4 rings (SSSR count). The Morgan fingerprint density at radius 1 is 1.33 bits per heavy atom. The highest BCUT2D eigenvalue weighted by atomic mass is 35.5. The summed E-state index contributed by atoms with van der Waals surface area (Å²) in [6.07, 6.45) is 5.49. The van der Waals surface area contributed by atoms with Gasteiger partial charge in [0.15, 0.2) is 0 Å². The van der Waals surface area contributed by atoms with E-state index in [2.05, 4.69) is 4.90 Å². The van der Waals surface area contributed by atoms with E-state index in [1.165, 1.54) is 12.8 Å². The summed E-state index contributed by atoms with van der Waals surface area (Å²) in [6, 6.07) is 5.90. The smallest absolute Gasteiger partial charge is 0.258 e. The molecule has 6 heteroatoms. The van der Waals surface area contributed by atoms with Gasteiger partial charge in [-0.2, -0.15) is 0 Å². The molecule has 2 aromatic rings. The van der Waals surface area contributed by atoms with Gasteiger partial charge in [-0.3, -0.25) is 14.1 Å². The number of aryl methyl sites for hydroxylation is 1. The molecule has 5 nitrogen and oxygen atoms in total. The van der Waals surface area contributed by atoms with Crippen molar-refractivity contribution in [2.75, 3.05) is 13.1 Å². The van der Waals surface area contributed by atoms with Crippen molar-refractivity contribution < 1.29 is 0 Å². The number of nitrogens with two attached hydrogens (primary N) is 1. The second kappa shape index (κ2) is 6.82. The van der Waals surface area contributed by atoms with E-state index in [1.807, 2.05) is 19.1 Å². The Balaban J connectivity index is 0.00000169. The number of hydrogen-bond donors (Lipinski definition) is 1. The molecule has 2 fully saturated rings. The number of rotatable bonds is 2. The average molecular weight is 349 g/mol. The second-order valence-corrected chi connectivity index (χ2v) is 7.18. The molecule has 0 bridgehead atoms. The first-order chi connectivity index (χ1) is 11.1. The number of aromatic nitrogens is 2. The fourth-order valence-electron chi connectivity index (χ4n) is 4.36. The summed E-state index contributed by atoms with van der Waals surface area (Å²) in [4.78, 5) is 19.5. The Morgan fingerprint density at radius 3 is 2.96 bits per heavy atom. The summed E-state index contributed by atoms with van der Waals surface area (Å²) < 4.78 is 1.62. The number of likely N-dealkylation sites (tertiary alicyclic amines) is 1. The lowest BCUT2D eigenvalue weighted by molar-refractivity contribution is 0.259. The zero-order valence-corrected chi connectivity index (χ0v) is 14.8. The summed E-state index contributed by atoms with van der Waals surface area (Å²) in [5.41, 5.74) is 8.97. The summed E-state index contributed by atoms with van der Waals surface area (Å²) in [5, 5.41) is 0. The van der Waals surface area contributed by atoms with Crippen LogP contribution in [-0.4, -0.2) is 33.4 Å². The van der Waals surface area contributed by atoms with Gasteiger partial charge < -0.3 is 5.73 Å². The Hall–Kier alpha value is -1.43. The van der Waals surface area contributed by atoms with E-state index < -0.39 is 0 Å². The van der Waals surface area contributed by atoms with Crippen LogP contribution in [0.1, 0.15) is 30.5 Å². The van der Waals surface area contributed by atoms with Crippen LogP contribution in [0.15, 0.2) is 29.2 Å². The Labute approximate surface area is 148 Å². The third-order valence-electron chi connectivity index (χ3n) is 5.55. The maximum Gasteiger partial charge on any atom is 0.258 e. The van der Waals surface area contributed by atoms with Crippen LogP contribution >= 0.6 is 12.4 Å². The van der Waals surface area contributed by atoms with Crippen molar-refractivity contribution in [3.05, 3.63) is 46.0 Å². The van der Waals surface area contributed by atoms with Crippen LogP contribution in [0.3, 0.4) is 0 Å². The van der Waals surface area contributed by atoms with Gasteiger partial charge in [0.1, 0.15) is 5.65 Å². The SMILES string of the molecule is Cc1cccn2c(=O)cc(CN3CC4CCCC(N)C4C3)nc12.Cl. The minimum Gasteiger partial charge on any atom is -0.327 e. The van der Waals surface area contributed by atoms with E-state index >= 15 is 0 Å². The van der Waals surface area contributed by atoms with Gasteiger partial charge >= 0.3 is 0 Å². The molecule has 3 unspecified atom stereocenters. The molecule has 0 aromatic carbocycles. The molecule has 0 radical (unpaired) electrons. The van der Waals surface area contributed by atoms with Crippen LogP contribution in [-0.2, 0) is 6.54 Å². The molecular weight excluding hydrogens is 324 g/mol. The van der Waals surface area contributed by atoms with Crippen molar-refractivity contribution in [2.45, 2.75) is 38.8 Å². The minimum atomic E-state index is 0. The molecule has 0 amide bonds. The molecule has 0 spiro atoms. The van der Waals surface area contributed by atoms with Crippen LogP contribution in [0.25, 0.3) is 5.65 Å². The lowest BCUT2D eigenvalue weighted by Crippen LogP contribution is -2.38. The minimum absolute atomic E-state index is 0. The maximum absolute atomic E-state index is 12.3. The first kappa shape index (κ1) is 17.4.